The minimum Gasteiger partial charge on any atom is -0.451 e. The second-order valence-electron chi connectivity index (χ2n) is 9.36. The van der Waals surface area contributed by atoms with Crippen molar-refractivity contribution in [1.82, 2.24) is 10.2 Å². The van der Waals surface area contributed by atoms with Gasteiger partial charge in [-0.3, -0.25) is 14.9 Å². The van der Waals surface area contributed by atoms with E-state index in [1.807, 2.05) is 54.3 Å². The van der Waals surface area contributed by atoms with Crippen LogP contribution in [-0.4, -0.2) is 48.0 Å². The summed E-state index contributed by atoms with van der Waals surface area (Å²) in [4.78, 5) is 29.7. The van der Waals surface area contributed by atoms with Gasteiger partial charge in [-0.2, -0.15) is 0 Å². The van der Waals surface area contributed by atoms with Crippen molar-refractivity contribution in [2.75, 3.05) is 36.4 Å². The second kappa shape index (κ2) is 12.1. The van der Waals surface area contributed by atoms with Gasteiger partial charge in [0, 0.05) is 42.3 Å². The summed E-state index contributed by atoms with van der Waals surface area (Å²) in [5.41, 5.74) is 4.00. The number of aryl methyl sites for hydroxylation is 1. The number of anilines is 2. The van der Waals surface area contributed by atoms with Gasteiger partial charge in [0.1, 0.15) is 5.76 Å². The Morgan fingerprint density at radius 3 is 2.27 bits per heavy atom. The third-order valence-electron chi connectivity index (χ3n) is 6.60. The van der Waals surface area contributed by atoms with Crippen LogP contribution in [-0.2, 0) is 0 Å². The molecule has 0 unspecified atom stereocenters. The molecule has 4 aromatic rings. The summed E-state index contributed by atoms with van der Waals surface area (Å²) in [5.74, 6) is 0.190. The maximum absolute atomic E-state index is 12.9. The molecule has 2 heterocycles. The highest BCUT2D eigenvalue weighted by molar-refractivity contribution is 7.80. The van der Waals surface area contributed by atoms with E-state index in [-0.39, 0.29) is 16.8 Å². The van der Waals surface area contributed by atoms with Gasteiger partial charge in [-0.1, -0.05) is 47.0 Å². The number of furan rings is 1. The van der Waals surface area contributed by atoms with Crippen LogP contribution in [0.25, 0.3) is 11.3 Å². The molecule has 40 heavy (non-hydrogen) atoms. The molecule has 1 fully saturated rings. The van der Waals surface area contributed by atoms with Gasteiger partial charge in [-0.05, 0) is 79.8 Å². The molecule has 2 amide bonds. The quantitative estimate of drug-likeness (QED) is 0.253. The number of thiocarbonyl (C=S) groups is 1. The van der Waals surface area contributed by atoms with Crippen LogP contribution in [0.5, 0.6) is 0 Å². The Labute approximate surface area is 247 Å². The largest absolute Gasteiger partial charge is 0.451 e. The minimum absolute atomic E-state index is 0.0122. The number of nitrogens with one attached hydrogen (secondary N) is 2. The first kappa shape index (κ1) is 27.7. The predicted molar refractivity (Wildman–Crippen MR) is 164 cm³/mol. The number of halogens is 2. The van der Waals surface area contributed by atoms with Gasteiger partial charge in [-0.15, -0.1) is 0 Å². The first-order valence-corrected chi connectivity index (χ1v) is 13.8. The Morgan fingerprint density at radius 2 is 1.57 bits per heavy atom. The summed E-state index contributed by atoms with van der Waals surface area (Å²) < 4.78 is 5.72. The Balaban J connectivity index is 1.22. The fraction of sp³-hybridized carbons (Fsp3) is 0.167. The molecule has 1 aromatic heterocycles. The number of nitrogens with zero attached hydrogens (tertiary/aromatic N) is 2. The van der Waals surface area contributed by atoms with E-state index in [1.165, 1.54) is 0 Å². The molecule has 7 nitrogen and oxygen atoms in total. The molecule has 10 heteroatoms. The molecule has 0 saturated carbocycles. The highest BCUT2D eigenvalue weighted by Crippen LogP contribution is 2.35. The molecule has 1 aliphatic rings. The van der Waals surface area contributed by atoms with Gasteiger partial charge in [0.05, 0.1) is 16.4 Å². The number of hydrogen-bond donors (Lipinski definition) is 2. The summed E-state index contributed by atoms with van der Waals surface area (Å²) >= 11 is 18.0. The molecular weight excluding hydrogens is 567 g/mol. The Bertz CT molecular complexity index is 1550. The smallest absolute Gasteiger partial charge is 0.293 e. The van der Waals surface area contributed by atoms with Gasteiger partial charge in [0.25, 0.3) is 11.8 Å². The van der Waals surface area contributed by atoms with Crippen molar-refractivity contribution in [2.24, 2.45) is 0 Å². The lowest BCUT2D eigenvalue weighted by atomic mass is 10.1. The van der Waals surface area contributed by atoms with Crippen LogP contribution in [0.4, 0.5) is 11.4 Å². The lowest BCUT2D eigenvalue weighted by molar-refractivity contribution is 0.0746. The number of carbonyl (C=O) groups is 2. The number of amides is 2. The maximum Gasteiger partial charge on any atom is 0.293 e. The average molecular weight is 594 g/mol. The number of hydrogen-bond acceptors (Lipinski definition) is 5. The molecule has 1 aliphatic heterocycles. The molecule has 0 bridgehead atoms. The number of carbonyl (C=O) groups excluding carboxylic acids is 2. The van der Waals surface area contributed by atoms with E-state index in [0.29, 0.717) is 53.2 Å². The maximum atomic E-state index is 12.9. The van der Waals surface area contributed by atoms with E-state index in [0.717, 1.165) is 16.8 Å². The third kappa shape index (κ3) is 6.31. The van der Waals surface area contributed by atoms with E-state index in [2.05, 4.69) is 15.5 Å². The van der Waals surface area contributed by atoms with Gasteiger partial charge < -0.3 is 19.5 Å². The average Bonchev–Trinajstić information content (AvgIpc) is 3.44. The van der Waals surface area contributed by atoms with Crippen LogP contribution in [0.1, 0.15) is 26.5 Å². The zero-order valence-electron chi connectivity index (χ0n) is 21.6. The number of benzene rings is 3. The molecule has 204 valence electrons. The van der Waals surface area contributed by atoms with Crippen molar-refractivity contribution in [3.05, 3.63) is 106 Å². The first-order valence-electron chi connectivity index (χ1n) is 12.7. The molecule has 0 radical (unpaired) electrons. The second-order valence-corrected chi connectivity index (χ2v) is 10.6. The lowest BCUT2D eigenvalue weighted by Crippen LogP contribution is -2.49. The molecular formula is C30H26Cl2N4O3S. The minimum atomic E-state index is -0.482. The number of rotatable bonds is 5. The Hall–Kier alpha value is -3.85. The van der Waals surface area contributed by atoms with Gasteiger partial charge in [0.15, 0.2) is 10.9 Å². The van der Waals surface area contributed by atoms with Gasteiger partial charge in [0.2, 0.25) is 0 Å². The van der Waals surface area contributed by atoms with Gasteiger partial charge >= 0.3 is 0 Å². The molecule has 1 saturated heterocycles. The molecule has 0 spiro atoms. The van der Waals surface area contributed by atoms with E-state index >= 15 is 0 Å². The van der Waals surface area contributed by atoms with Crippen molar-refractivity contribution in [3.8, 4) is 11.3 Å². The summed E-state index contributed by atoms with van der Waals surface area (Å²) in [7, 11) is 0. The first-order chi connectivity index (χ1) is 19.3. The molecule has 0 aliphatic carbocycles. The van der Waals surface area contributed by atoms with Crippen LogP contribution < -0.4 is 15.5 Å². The van der Waals surface area contributed by atoms with Crippen LogP contribution in [0.15, 0.2) is 83.3 Å². The van der Waals surface area contributed by atoms with Crippen molar-refractivity contribution < 1.29 is 14.0 Å². The highest BCUT2D eigenvalue weighted by atomic mass is 35.5. The Morgan fingerprint density at radius 1 is 0.875 bits per heavy atom. The van der Waals surface area contributed by atoms with Crippen molar-refractivity contribution in [2.45, 2.75) is 6.92 Å². The lowest BCUT2D eigenvalue weighted by Gasteiger charge is -2.37. The fourth-order valence-corrected chi connectivity index (χ4v) is 5.12. The van der Waals surface area contributed by atoms with E-state index < -0.39 is 5.91 Å². The fourth-order valence-electron chi connectivity index (χ4n) is 4.50. The van der Waals surface area contributed by atoms with Crippen LogP contribution in [0.3, 0.4) is 0 Å². The van der Waals surface area contributed by atoms with Gasteiger partial charge in [-0.25, -0.2) is 0 Å². The Kier molecular flexibility index (Phi) is 8.40. The number of piperazine rings is 1. The summed E-state index contributed by atoms with van der Waals surface area (Å²) in [6.45, 7) is 4.28. The summed E-state index contributed by atoms with van der Waals surface area (Å²) in [6, 6.07) is 23.5. The molecule has 0 atom stereocenters. The zero-order valence-corrected chi connectivity index (χ0v) is 23.9. The predicted octanol–water partition coefficient (Wildman–Crippen LogP) is 6.65. The normalized spacial score (nSPS) is 13.2. The van der Waals surface area contributed by atoms with E-state index in [4.69, 9.17) is 39.8 Å². The van der Waals surface area contributed by atoms with E-state index in [9.17, 15) is 9.59 Å². The standard InChI is InChI=1S/C30H26Cl2N4O3S/c1-19-5-7-21(8-6-19)29(38)36-17-15-35(16-18-36)27-23(32)3-2-4-24(27)33-30(40)34-28(37)26-14-13-25(39-26)20-9-11-22(31)12-10-20/h2-14H,15-18H2,1H3,(H2,33,34,37,40). The van der Waals surface area contributed by atoms with Crippen molar-refractivity contribution >= 4 is 63.7 Å². The summed E-state index contributed by atoms with van der Waals surface area (Å²) in [6.07, 6.45) is 0. The molecule has 5 rings (SSSR count). The molecule has 2 N–H and O–H groups in total. The van der Waals surface area contributed by atoms with Crippen molar-refractivity contribution in [1.29, 1.82) is 0 Å². The zero-order chi connectivity index (χ0) is 28.2. The number of para-hydroxylation sites is 1. The highest BCUT2D eigenvalue weighted by Gasteiger charge is 2.25. The summed E-state index contributed by atoms with van der Waals surface area (Å²) in [5, 5.41) is 7.01. The van der Waals surface area contributed by atoms with Crippen LogP contribution in [0.2, 0.25) is 10.0 Å². The molecule has 3 aromatic carbocycles. The monoisotopic (exact) mass is 592 g/mol. The topological polar surface area (TPSA) is 77.8 Å². The third-order valence-corrected chi connectivity index (χ3v) is 7.36. The van der Waals surface area contributed by atoms with Crippen LogP contribution >= 0.6 is 35.4 Å². The van der Waals surface area contributed by atoms with E-state index in [1.54, 1.807) is 36.4 Å². The van der Waals surface area contributed by atoms with Crippen molar-refractivity contribution in [3.63, 3.8) is 0 Å². The SMILES string of the molecule is Cc1ccc(C(=O)N2CCN(c3c(Cl)cccc3NC(=S)NC(=O)c3ccc(-c4ccc(Cl)cc4)o3)CC2)cc1. The van der Waals surface area contributed by atoms with Crippen LogP contribution in [0, 0.1) is 6.92 Å².